The average Bonchev–Trinajstić information content (AvgIpc) is 2.85. The molecular weight excluding hydrogens is 238 g/mol. The van der Waals surface area contributed by atoms with Crippen molar-refractivity contribution in [1.82, 2.24) is 14.5 Å². The van der Waals surface area contributed by atoms with E-state index in [-0.39, 0.29) is 0 Å². The summed E-state index contributed by atoms with van der Waals surface area (Å²) in [6, 6.07) is 8.25. The van der Waals surface area contributed by atoms with Gasteiger partial charge in [0, 0.05) is 38.6 Å². The molecule has 1 saturated heterocycles. The molecule has 0 saturated carbocycles. The molecule has 1 aromatic carbocycles. The number of benzene rings is 1. The van der Waals surface area contributed by atoms with Crippen LogP contribution < -0.4 is 4.74 Å². The van der Waals surface area contributed by atoms with Gasteiger partial charge in [0.2, 0.25) is 0 Å². The predicted octanol–water partition coefficient (Wildman–Crippen LogP) is 1.95. The van der Waals surface area contributed by atoms with Crippen molar-refractivity contribution in [3.8, 4) is 5.75 Å². The van der Waals surface area contributed by atoms with Crippen molar-refractivity contribution >= 4 is 0 Å². The highest BCUT2D eigenvalue weighted by atomic mass is 16.5. The quantitative estimate of drug-likeness (QED) is 0.820. The lowest BCUT2D eigenvalue weighted by atomic mass is 10.1. The fourth-order valence-electron chi connectivity index (χ4n) is 2.34. The van der Waals surface area contributed by atoms with E-state index in [1.54, 1.807) is 0 Å². The molecule has 2 aromatic rings. The first-order chi connectivity index (χ1) is 9.29. The number of imidazole rings is 1. The van der Waals surface area contributed by atoms with Gasteiger partial charge in [0.05, 0.1) is 6.33 Å². The maximum atomic E-state index is 5.94. The van der Waals surface area contributed by atoms with E-state index in [4.69, 9.17) is 4.74 Å². The Bertz CT molecular complexity index is 518. The standard InChI is InChI=1S/C15H19N3O/c1-13-3-2-4-14(9-13)19-15-10-18(11-15)8-7-17-6-5-16-12-17/h2-6,9,12,15H,7-8,10-11H2,1H3. The minimum absolute atomic E-state index is 0.338. The molecular formula is C15H19N3O. The average molecular weight is 257 g/mol. The number of aryl methyl sites for hydroxylation is 1. The maximum absolute atomic E-state index is 5.94. The molecule has 1 aromatic heterocycles. The number of ether oxygens (including phenoxy) is 1. The van der Waals surface area contributed by atoms with Crippen LogP contribution in [0.4, 0.5) is 0 Å². The molecule has 1 aliphatic heterocycles. The maximum Gasteiger partial charge on any atom is 0.124 e. The summed E-state index contributed by atoms with van der Waals surface area (Å²) in [6.07, 6.45) is 6.02. The van der Waals surface area contributed by atoms with Crippen molar-refractivity contribution in [3.05, 3.63) is 48.5 Å². The van der Waals surface area contributed by atoms with Gasteiger partial charge in [-0.1, -0.05) is 12.1 Å². The first kappa shape index (κ1) is 12.2. The Kier molecular flexibility index (Phi) is 3.51. The van der Waals surface area contributed by atoms with E-state index in [9.17, 15) is 0 Å². The second-order valence-corrected chi connectivity index (χ2v) is 5.12. The van der Waals surface area contributed by atoms with Crippen LogP contribution >= 0.6 is 0 Å². The van der Waals surface area contributed by atoms with Crippen molar-refractivity contribution in [2.45, 2.75) is 19.6 Å². The zero-order valence-corrected chi connectivity index (χ0v) is 11.2. The van der Waals surface area contributed by atoms with E-state index in [2.05, 4.69) is 33.5 Å². The topological polar surface area (TPSA) is 30.3 Å². The Labute approximate surface area is 113 Å². The van der Waals surface area contributed by atoms with Gasteiger partial charge in [0.1, 0.15) is 11.9 Å². The van der Waals surface area contributed by atoms with Gasteiger partial charge < -0.3 is 9.30 Å². The third-order valence-corrected chi connectivity index (χ3v) is 3.45. The SMILES string of the molecule is Cc1cccc(OC2CN(CCn3ccnc3)C2)c1. The third kappa shape index (κ3) is 3.15. The smallest absolute Gasteiger partial charge is 0.124 e. The van der Waals surface area contributed by atoms with E-state index >= 15 is 0 Å². The van der Waals surface area contributed by atoms with Crippen LogP contribution in [0, 0.1) is 6.92 Å². The molecule has 2 heterocycles. The largest absolute Gasteiger partial charge is 0.488 e. The Morgan fingerprint density at radius 3 is 2.95 bits per heavy atom. The predicted molar refractivity (Wildman–Crippen MR) is 74.3 cm³/mol. The first-order valence-electron chi connectivity index (χ1n) is 6.71. The van der Waals surface area contributed by atoms with E-state index in [0.29, 0.717) is 6.10 Å². The lowest BCUT2D eigenvalue weighted by Gasteiger charge is -2.39. The molecule has 1 fully saturated rings. The molecule has 0 bridgehead atoms. The first-order valence-corrected chi connectivity index (χ1v) is 6.71. The van der Waals surface area contributed by atoms with Crippen molar-refractivity contribution in [2.24, 2.45) is 0 Å². The Morgan fingerprint density at radius 2 is 2.21 bits per heavy atom. The molecule has 100 valence electrons. The molecule has 1 aliphatic rings. The highest BCUT2D eigenvalue weighted by molar-refractivity contribution is 5.27. The zero-order valence-electron chi connectivity index (χ0n) is 11.2. The van der Waals surface area contributed by atoms with E-state index in [1.807, 2.05) is 30.9 Å². The van der Waals surface area contributed by atoms with Gasteiger partial charge in [0.15, 0.2) is 0 Å². The van der Waals surface area contributed by atoms with Gasteiger partial charge in [-0.2, -0.15) is 0 Å². The summed E-state index contributed by atoms with van der Waals surface area (Å²) in [5, 5.41) is 0. The summed E-state index contributed by atoms with van der Waals surface area (Å²) in [4.78, 5) is 6.45. The molecule has 0 unspecified atom stereocenters. The van der Waals surface area contributed by atoms with Gasteiger partial charge in [-0.3, -0.25) is 4.90 Å². The second-order valence-electron chi connectivity index (χ2n) is 5.12. The summed E-state index contributed by atoms with van der Waals surface area (Å²) in [7, 11) is 0. The van der Waals surface area contributed by atoms with Crippen molar-refractivity contribution in [2.75, 3.05) is 19.6 Å². The molecule has 0 atom stereocenters. The third-order valence-electron chi connectivity index (χ3n) is 3.45. The molecule has 0 N–H and O–H groups in total. The summed E-state index contributed by atoms with van der Waals surface area (Å²) in [6.45, 7) is 6.18. The van der Waals surface area contributed by atoms with Gasteiger partial charge in [-0.25, -0.2) is 4.98 Å². The molecule has 0 spiro atoms. The van der Waals surface area contributed by atoms with Crippen LogP contribution in [0.2, 0.25) is 0 Å². The lowest BCUT2D eigenvalue weighted by molar-refractivity contribution is 0.0180. The summed E-state index contributed by atoms with van der Waals surface area (Å²) in [5.41, 5.74) is 1.24. The number of likely N-dealkylation sites (tertiary alicyclic amines) is 1. The number of nitrogens with zero attached hydrogens (tertiary/aromatic N) is 3. The molecule has 0 aliphatic carbocycles. The van der Waals surface area contributed by atoms with Crippen molar-refractivity contribution in [1.29, 1.82) is 0 Å². The monoisotopic (exact) mass is 257 g/mol. The molecule has 0 radical (unpaired) electrons. The van der Waals surface area contributed by atoms with E-state index in [1.165, 1.54) is 5.56 Å². The van der Waals surface area contributed by atoms with Crippen LogP contribution in [0.5, 0.6) is 5.75 Å². The number of hydrogen-bond acceptors (Lipinski definition) is 3. The van der Waals surface area contributed by atoms with Crippen LogP contribution in [0.1, 0.15) is 5.56 Å². The van der Waals surface area contributed by atoms with Crippen LogP contribution in [0.25, 0.3) is 0 Å². The fourth-order valence-corrected chi connectivity index (χ4v) is 2.34. The molecule has 4 heteroatoms. The minimum atomic E-state index is 0.338. The highest BCUT2D eigenvalue weighted by Crippen LogP contribution is 2.18. The summed E-state index contributed by atoms with van der Waals surface area (Å²) in [5.74, 6) is 0.985. The van der Waals surface area contributed by atoms with Crippen LogP contribution in [-0.4, -0.2) is 40.2 Å². The van der Waals surface area contributed by atoms with Gasteiger partial charge in [-0.05, 0) is 24.6 Å². The normalized spacial score (nSPS) is 16.3. The Hall–Kier alpha value is -1.81. The zero-order chi connectivity index (χ0) is 13.1. The summed E-state index contributed by atoms with van der Waals surface area (Å²) < 4.78 is 8.04. The second kappa shape index (κ2) is 5.45. The molecule has 3 rings (SSSR count). The van der Waals surface area contributed by atoms with Gasteiger partial charge in [-0.15, -0.1) is 0 Å². The van der Waals surface area contributed by atoms with E-state index in [0.717, 1.165) is 31.9 Å². The Morgan fingerprint density at radius 1 is 1.32 bits per heavy atom. The number of hydrogen-bond donors (Lipinski definition) is 0. The molecule has 19 heavy (non-hydrogen) atoms. The minimum Gasteiger partial charge on any atom is -0.488 e. The van der Waals surface area contributed by atoms with Gasteiger partial charge >= 0.3 is 0 Å². The van der Waals surface area contributed by atoms with Crippen LogP contribution in [0.15, 0.2) is 43.0 Å². The van der Waals surface area contributed by atoms with Crippen molar-refractivity contribution in [3.63, 3.8) is 0 Å². The summed E-state index contributed by atoms with van der Waals surface area (Å²) >= 11 is 0. The van der Waals surface area contributed by atoms with Crippen LogP contribution in [0.3, 0.4) is 0 Å². The molecule has 0 amide bonds. The van der Waals surface area contributed by atoms with E-state index < -0.39 is 0 Å². The lowest BCUT2D eigenvalue weighted by Crippen LogP contribution is -2.54. The highest BCUT2D eigenvalue weighted by Gasteiger charge is 2.27. The molecule has 4 nitrogen and oxygen atoms in total. The number of rotatable bonds is 5. The van der Waals surface area contributed by atoms with Crippen molar-refractivity contribution < 1.29 is 4.74 Å². The van der Waals surface area contributed by atoms with Gasteiger partial charge in [0.25, 0.3) is 0 Å². The fraction of sp³-hybridized carbons (Fsp3) is 0.400. The van der Waals surface area contributed by atoms with Crippen LogP contribution in [-0.2, 0) is 6.54 Å². The Balaban J connectivity index is 1.40. The number of aromatic nitrogens is 2.